The van der Waals surface area contributed by atoms with Gasteiger partial charge in [-0.1, -0.05) is 0 Å². The van der Waals surface area contributed by atoms with Crippen LogP contribution in [0.25, 0.3) is 0 Å². The van der Waals surface area contributed by atoms with Gasteiger partial charge in [-0.25, -0.2) is 4.39 Å². The van der Waals surface area contributed by atoms with Crippen molar-refractivity contribution in [3.63, 3.8) is 0 Å². The third kappa shape index (κ3) is 2.45. The zero-order valence-corrected chi connectivity index (χ0v) is 6.77. The highest BCUT2D eigenvalue weighted by Gasteiger charge is 2.12. The molecule has 0 unspecified atom stereocenters. The predicted molar refractivity (Wildman–Crippen MR) is 37.3 cm³/mol. The molecule has 0 saturated carbocycles. The molecule has 0 radical (unpaired) electrons. The fraction of sp³-hybridized carbons (Fsp3) is 0.714. The van der Waals surface area contributed by atoms with Gasteiger partial charge in [-0.15, -0.1) is 0 Å². The molecule has 3 heteroatoms. The van der Waals surface area contributed by atoms with Crippen LogP contribution in [-0.2, 0) is 9.47 Å². The topological polar surface area (TPSA) is 18.5 Å². The summed E-state index contributed by atoms with van der Waals surface area (Å²) in [5, 5.41) is 0. The Morgan fingerprint density at radius 1 is 1.20 bits per heavy atom. The van der Waals surface area contributed by atoms with Crippen LogP contribution in [-0.4, -0.2) is 20.5 Å². The summed E-state index contributed by atoms with van der Waals surface area (Å²) in [5.41, 5.74) is 0.578. The molecule has 0 aliphatic carbocycles. The van der Waals surface area contributed by atoms with Gasteiger partial charge in [-0.3, -0.25) is 0 Å². The molecular formula is C7H13FO2. The minimum absolute atomic E-state index is 0.356. The highest BCUT2D eigenvalue weighted by atomic mass is 19.1. The molecule has 0 aromatic carbocycles. The lowest BCUT2D eigenvalue weighted by Crippen LogP contribution is -2.14. The standard InChI is InChI=1S/C7H13FO2/c1-5(2)6(8)7(9-3)10-4/h7H,1-4H3. The zero-order valence-electron chi connectivity index (χ0n) is 6.77. The van der Waals surface area contributed by atoms with Gasteiger partial charge in [0, 0.05) is 14.2 Å². The van der Waals surface area contributed by atoms with E-state index < -0.39 is 6.29 Å². The number of methoxy groups -OCH3 is 2. The van der Waals surface area contributed by atoms with Gasteiger partial charge >= 0.3 is 0 Å². The minimum atomic E-state index is -0.843. The second-order valence-electron chi connectivity index (χ2n) is 2.15. The Labute approximate surface area is 60.6 Å². The first-order valence-electron chi connectivity index (χ1n) is 3.02. The van der Waals surface area contributed by atoms with Crippen LogP contribution in [0.3, 0.4) is 0 Å². The number of halogens is 1. The molecule has 10 heavy (non-hydrogen) atoms. The van der Waals surface area contributed by atoms with Gasteiger partial charge in [0.2, 0.25) is 6.29 Å². The van der Waals surface area contributed by atoms with E-state index in [1.54, 1.807) is 13.8 Å². The second-order valence-corrected chi connectivity index (χ2v) is 2.15. The van der Waals surface area contributed by atoms with Crippen LogP contribution in [0.2, 0.25) is 0 Å². The maximum absolute atomic E-state index is 12.8. The van der Waals surface area contributed by atoms with Gasteiger partial charge < -0.3 is 9.47 Å². The molecule has 0 atom stereocenters. The van der Waals surface area contributed by atoms with E-state index in [-0.39, 0.29) is 5.83 Å². The molecule has 0 fully saturated rings. The molecule has 0 aliphatic rings. The number of ether oxygens (including phenoxy) is 2. The zero-order chi connectivity index (χ0) is 8.15. The first-order valence-corrected chi connectivity index (χ1v) is 3.02. The smallest absolute Gasteiger partial charge is 0.210 e. The van der Waals surface area contributed by atoms with E-state index in [0.717, 1.165) is 0 Å². The molecule has 60 valence electrons. The Morgan fingerprint density at radius 3 is 1.70 bits per heavy atom. The van der Waals surface area contributed by atoms with E-state index in [4.69, 9.17) is 0 Å². The van der Waals surface area contributed by atoms with Crippen molar-refractivity contribution in [3.05, 3.63) is 11.4 Å². The number of hydrogen-bond donors (Lipinski definition) is 0. The van der Waals surface area contributed by atoms with Crippen LogP contribution in [0, 0.1) is 0 Å². The van der Waals surface area contributed by atoms with Gasteiger partial charge in [0.25, 0.3) is 0 Å². The van der Waals surface area contributed by atoms with Crippen molar-refractivity contribution in [3.8, 4) is 0 Å². The molecule has 0 spiro atoms. The lowest BCUT2D eigenvalue weighted by Gasteiger charge is -2.11. The highest BCUT2D eigenvalue weighted by molar-refractivity contribution is 5.04. The van der Waals surface area contributed by atoms with Crippen molar-refractivity contribution in [1.29, 1.82) is 0 Å². The minimum Gasteiger partial charge on any atom is -0.350 e. The van der Waals surface area contributed by atoms with Crippen molar-refractivity contribution in [2.45, 2.75) is 20.1 Å². The van der Waals surface area contributed by atoms with Crippen molar-refractivity contribution in [2.75, 3.05) is 14.2 Å². The molecule has 0 aliphatic heterocycles. The van der Waals surface area contributed by atoms with Crippen LogP contribution < -0.4 is 0 Å². The Hall–Kier alpha value is -0.410. The molecular weight excluding hydrogens is 135 g/mol. The summed E-state index contributed by atoms with van der Waals surface area (Å²) in [6, 6.07) is 0. The molecule has 0 aromatic heterocycles. The largest absolute Gasteiger partial charge is 0.350 e. The van der Waals surface area contributed by atoms with Gasteiger partial charge in [-0.05, 0) is 19.4 Å². The van der Waals surface area contributed by atoms with Crippen LogP contribution in [0.5, 0.6) is 0 Å². The molecule has 0 bridgehead atoms. The number of allylic oxidation sites excluding steroid dienone is 1. The summed E-state index contributed by atoms with van der Waals surface area (Å²) in [7, 11) is 2.80. The first kappa shape index (κ1) is 9.59. The van der Waals surface area contributed by atoms with E-state index >= 15 is 0 Å². The SMILES string of the molecule is COC(OC)C(F)=C(C)C. The fourth-order valence-corrected chi connectivity index (χ4v) is 0.539. The normalized spacial score (nSPS) is 10.2. The van der Waals surface area contributed by atoms with E-state index in [2.05, 4.69) is 9.47 Å². The lowest BCUT2D eigenvalue weighted by atomic mass is 10.3. The van der Waals surface area contributed by atoms with Crippen molar-refractivity contribution in [2.24, 2.45) is 0 Å². The quantitative estimate of drug-likeness (QED) is 0.569. The van der Waals surface area contributed by atoms with E-state index in [1.807, 2.05) is 0 Å². The van der Waals surface area contributed by atoms with Gasteiger partial charge in [0.1, 0.15) is 0 Å². The summed E-state index contributed by atoms with van der Waals surface area (Å²) in [6.45, 7) is 3.33. The average molecular weight is 148 g/mol. The summed E-state index contributed by atoms with van der Waals surface area (Å²) in [6.07, 6.45) is -0.843. The van der Waals surface area contributed by atoms with E-state index in [0.29, 0.717) is 5.57 Å². The number of hydrogen-bond acceptors (Lipinski definition) is 2. The summed E-state index contributed by atoms with van der Waals surface area (Å²) < 4.78 is 22.2. The molecule has 0 aromatic rings. The van der Waals surface area contributed by atoms with Crippen molar-refractivity contribution in [1.82, 2.24) is 0 Å². The summed E-state index contributed by atoms with van der Waals surface area (Å²) >= 11 is 0. The van der Waals surface area contributed by atoms with Gasteiger partial charge in [0.15, 0.2) is 5.83 Å². The van der Waals surface area contributed by atoms with Crippen LogP contribution in [0.1, 0.15) is 13.8 Å². The molecule has 0 N–H and O–H groups in total. The monoisotopic (exact) mass is 148 g/mol. The molecule has 0 amide bonds. The molecule has 0 saturated heterocycles. The Balaban J connectivity index is 4.15. The molecule has 2 nitrogen and oxygen atoms in total. The number of rotatable bonds is 3. The molecule has 0 rings (SSSR count). The summed E-state index contributed by atoms with van der Waals surface area (Å²) in [4.78, 5) is 0. The lowest BCUT2D eigenvalue weighted by molar-refractivity contribution is -0.0879. The predicted octanol–water partition coefficient (Wildman–Crippen LogP) is 1.87. The Morgan fingerprint density at radius 2 is 1.60 bits per heavy atom. The second kappa shape index (κ2) is 4.41. The van der Waals surface area contributed by atoms with Gasteiger partial charge in [-0.2, -0.15) is 0 Å². The van der Waals surface area contributed by atoms with Gasteiger partial charge in [0.05, 0.1) is 0 Å². The van der Waals surface area contributed by atoms with Crippen molar-refractivity contribution < 1.29 is 13.9 Å². The van der Waals surface area contributed by atoms with Crippen LogP contribution >= 0.6 is 0 Å². The van der Waals surface area contributed by atoms with E-state index in [9.17, 15) is 4.39 Å². The Bertz CT molecular complexity index is 124. The maximum Gasteiger partial charge on any atom is 0.210 e. The third-order valence-corrected chi connectivity index (χ3v) is 1.11. The highest BCUT2D eigenvalue weighted by Crippen LogP contribution is 2.12. The van der Waals surface area contributed by atoms with Crippen LogP contribution in [0.4, 0.5) is 4.39 Å². The average Bonchev–Trinajstić information content (AvgIpc) is 1.90. The fourth-order valence-electron chi connectivity index (χ4n) is 0.539. The molecule has 0 heterocycles. The van der Waals surface area contributed by atoms with E-state index in [1.165, 1.54) is 14.2 Å². The summed E-state index contributed by atoms with van der Waals surface area (Å²) in [5.74, 6) is -0.356. The van der Waals surface area contributed by atoms with Crippen molar-refractivity contribution >= 4 is 0 Å². The third-order valence-electron chi connectivity index (χ3n) is 1.11. The van der Waals surface area contributed by atoms with Crippen LogP contribution in [0.15, 0.2) is 11.4 Å². The first-order chi connectivity index (χ1) is 4.63. The Kier molecular flexibility index (Phi) is 4.23. The maximum atomic E-state index is 12.8.